The van der Waals surface area contributed by atoms with Gasteiger partial charge in [-0.15, -0.1) is 0 Å². The number of aromatic amines is 1. The zero-order chi connectivity index (χ0) is 20.4. The van der Waals surface area contributed by atoms with Gasteiger partial charge in [-0.1, -0.05) is 12.1 Å². The number of fused-ring (bicyclic) bond motifs is 3. The summed E-state index contributed by atoms with van der Waals surface area (Å²) in [6, 6.07) is 11.8. The Morgan fingerprint density at radius 1 is 1.21 bits per heavy atom. The first-order valence-electron chi connectivity index (χ1n) is 9.55. The second-order valence-corrected chi connectivity index (χ2v) is 7.09. The number of H-pyrrole nitrogens is 1. The van der Waals surface area contributed by atoms with E-state index in [2.05, 4.69) is 10.3 Å². The third-order valence-corrected chi connectivity index (χ3v) is 5.24. The summed E-state index contributed by atoms with van der Waals surface area (Å²) in [4.78, 5) is 29.9. The Balaban J connectivity index is 1.38. The highest BCUT2D eigenvalue weighted by atomic mass is 19.1. The minimum atomic E-state index is -0.296. The van der Waals surface area contributed by atoms with Gasteiger partial charge in [0.15, 0.2) is 0 Å². The van der Waals surface area contributed by atoms with Crippen molar-refractivity contribution in [3.63, 3.8) is 0 Å². The highest BCUT2D eigenvalue weighted by Gasteiger charge is 2.24. The number of amides is 2. The standard InChI is InChI=1S/C22H22FN3O3/c1-29-20-5-3-2-4-19(20)25-21(27)8-9-22(28)26-11-10-18-16(13-26)15-12-14(23)6-7-17(15)24-18/h2-7,12,24H,8-11,13H2,1H3,(H,25,27). The van der Waals surface area contributed by atoms with E-state index < -0.39 is 0 Å². The summed E-state index contributed by atoms with van der Waals surface area (Å²) >= 11 is 0. The molecule has 0 aliphatic carbocycles. The molecule has 0 atom stereocenters. The largest absolute Gasteiger partial charge is 0.495 e. The summed E-state index contributed by atoms with van der Waals surface area (Å²) in [5.41, 5.74) is 3.46. The molecule has 150 valence electrons. The number of aromatic nitrogens is 1. The molecule has 3 aromatic rings. The van der Waals surface area contributed by atoms with Crippen molar-refractivity contribution < 1.29 is 18.7 Å². The van der Waals surface area contributed by atoms with Crippen LogP contribution in [0, 0.1) is 5.82 Å². The summed E-state index contributed by atoms with van der Waals surface area (Å²) in [5.74, 6) is -0.0515. The van der Waals surface area contributed by atoms with Gasteiger partial charge >= 0.3 is 0 Å². The topological polar surface area (TPSA) is 74.4 Å². The van der Waals surface area contributed by atoms with Crippen LogP contribution in [0.5, 0.6) is 5.75 Å². The number of ether oxygens (including phenoxy) is 1. The molecule has 4 rings (SSSR count). The Morgan fingerprint density at radius 3 is 2.86 bits per heavy atom. The maximum atomic E-state index is 13.6. The lowest BCUT2D eigenvalue weighted by atomic mass is 10.0. The average Bonchev–Trinajstić information content (AvgIpc) is 3.09. The quantitative estimate of drug-likeness (QED) is 0.693. The van der Waals surface area contributed by atoms with Gasteiger partial charge in [0.1, 0.15) is 11.6 Å². The maximum absolute atomic E-state index is 13.6. The summed E-state index contributed by atoms with van der Waals surface area (Å²) < 4.78 is 18.9. The molecule has 0 bridgehead atoms. The number of halogens is 1. The Hall–Kier alpha value is -3.35. The van der Waals surface area contributed by atoms with Gasteiger partial charge in [-0.2, -0.15) is 0 Å². The van der Waals surface area contributed by atoms with E-state index >= 15 is 0 Å². The normalized spacial score (nSPS) is 13.2. The van der Waals surface area contributed by atoms with Crippen LogP contribution in [0.2, 0.25) is 0 Å². The molecule has 2 amide bonds. The molecule has 2 aromatic carbocycles. The van der Waals surface area contributed by atoms with E-state index in [1.54, 1.807) is 29.2 Å². The van der Waals surface area contributed by atoms with Gasteiger partial charge in [0.2, 0.25) is 11.8 Å². The summed E-state index contributed by atoms with van der Waals surface area (Å²) in [6.07, 6.45) is 0.889. The second-order valence-electron chi connectivity index (χ2n) is 7.09. The Morgan fingerprint density at radius 2 is 2.03 bits per heavy atom. The predicted octanol–water partition coefficient (Wildman–Crippen LogP) is 3.62. The van der Waals surface area contributed by atoms with E-state index in [0.29, 0.717) is 30.9 Å². The fourth-order valence-corrected chi connectivity index (χ4v) is 3.74. The number of methoxy groups -OCH3 is 1. The first kappa shape index (κ1) is 19.0. The van der Waals surface area contributed by atoms with Gasteiger partial charge in [-0.25, -0.2) is 4.39 Å². The lowest BCUT2D eigenvalue weighted by molar-refractivity contribution is -0.133. The number of hydrogen-bond acceptors (Lipinski definition) is 3. The van der Waals surface area contributed by atoms with Crippen molar-refractivity contribution in [1.82, 2.24) is 9.88 Å². The Kier molecular flexibility index (Phi) is 5.20. The molecule has 0 saturated carbocycles. The van der Waals surface area contributed by atoms with Crippen LogP contribution < -0.4 is 10.1 Å². The Bertz CT molecular complexity index is 1080. The van der Waals surface area contributed by atoms with Gasteiger partial charge in [-0.3, -0.25) is 9.59 Å². The molecule has 0 spiro atoms. The van der Waals surface area contributed by atoms with Gasteiger partial charge in [0.05, 0.1) is 12.8 Å². The highest BCUT2D eigenvalue weighted by Crippen LogP contribution is 2.29. The molecule has 0 saturated heterocycles. The molecule has 2 N–H and O–H groups in total. The second kappa shape index (κ2) is 7.95. The van der Waals surface area contributed by atoms with E-state index in [-0.39, 0.29) is 30.5 Å². The van der Waals surface area contributed by atoms with Crippen LogP contribution in [0.25, 0.3) is 10.9 Å². The minimum absolute atomic E-state index is 0.0861. The van der Waals surface area contributed by atoms with Crippen LogP contribution in [0.3, 0.4) is 0 Å². The molecule has 2 heterocycles. The van der Waals surface area contributed by atoms with Gasteiger partial charge in [0, 0.05) is 54.5 Å². The average molecular weight is 395 g/mol. The van der Waals surface area contributed by atoms with E-state index in [4.69, 9.17) is 4.74 Å². The number of hydrogen-bond donors (Lipinski definition) is 2. The third kappa shape index (κ3) is 3.94. The van der Waals surface area contributed by atoms with Crippen molar-refractivity contribution in [3.05, 3.63) is 59.5 Å². The van der Waals surface area contributed by atoms with E-state index in [1.807, 2.05) is 6.07 Å². The van der Waals surface area contributed by atoms with Crippen LogP contribution in [0.15, 0.2) is 42.5 Å². The van der Waals surface area contributed by atoms with Crippen LogP contribution in [-0.4, -0.2) is 35.4 Å². The molecule has 1 aliphatic rings. The van der Waals surface area contributed by atoms with Gasteiger partial charge < -0.3 is 19.9 Å². The van der Waals surface area contributed by atoms with E-state index in [9.17, 15) is 14.0 Å². The third-order valence-electron chi connectivity index (χ3n) is 5.24. The number of carbonyl (C=O) groups is 2. The number of nitrogens with one attached hydrogen (secondary N) is 2. The summed E-state index contributed by atoms with van der Waals surface area (Å²) in [7, 11) is 1.54. The van der Waals surface area contributed by atoms with Crippen molar-refractivity contribution in [1.29, 1.82) is 0 Å². The molecule has 0 radical (unpaired) electrons. The molecule has 0 unspecified atom stereocenters. The van der Waals surface area contributed by atoms with Crippen molar-refractivity contribution in [2.45, 2.75) is 25.8 Å². The lowest BCUT2D eigenvalue weighted by Crippen LogP contribution is -2.36. The molecule has 1 aromatic heterocycles. The smallest absolute Gasteiger partial charge is 0.224 e. The molecule has 29 heavy (non-hydrogen) atoms. The molecule has 7 heteroatoms. The number of benzene rings is 2. The van der Waals surface area contributed by atoms with E-state index in [1.165, 1.54) is 19.2 Å². The van der Waals surface area contributed by atoms with Crippen molar-refractivity contribution in [3.8, 4) is 5.75 Å². The number of anilines is 1. The SMILES string of the molecule is COc1ccccc1NC(=O)CCC(=O)N1CCc2[nH]c3ccc(F)cc3c2C1. The zero-order valence-corrected chi connectivity index (χ0v) is 16.1. The zero-order valence-electron chi connectivity index (χ0n) is 16.1. The van der Waals surface area contributed by atoms with Crippen LogP contribution >= 0.6 is 0 Å². The number of carbonyl (C=O) groups excluding carboxylic acids is 2. The molecule has 1 aliphatic heterocycles. The first-order valence-corrected chi connectivity index (χ1v) is 9.55. The molecule has 0 fully saturated rings. The number of nitrogens with zero attached hydrogens (tertiary/aromatic N) is 1. The fourth-order valence-electron chi connectivity index (χ4n) is 3.74. The number of para-hydroxylation sites is 2. The highest BCUT2D eigenvalue weighted by molar-refractivity contribution is 5.94. The molecular weight excluding hydrogens is 373 g/mol. The minimum Gasteiger partial charge on any atom is -0.495 e. The monoisotopic (exact) mass is 395 g/mol. The number of rotatable bonds is 5. The lowest BCUT2D eigenvalue weighted by Gasteiger charge is -2.27. The maximum Gasteiger partial charge on any atom is 0.224 e. The van der Waals surface area contributed by atoms with Crippen molar-refractivity contribution in [2.24, 2.45) is 0 Å². The molecular formula is C22H22FN3O3. The van der Waals surface area contributed by atoms with E-state index in [0.717, 1.165) is 22.2 Å². The van der Waals surface area contributed by atoms with Crippen molar-refractivity contribution in [2.75, 3.05) is 19.0 Å². The molecule has 6 nitrogen and oxygen atoms in total. The summed E-state index contributed by atoms with van der Waals surface area (Å²) in [5, 5.41) is 3.59. The van der Waals surface area contributed by atoms with Crippen molar-refractivity contribution >= 4 is 28.4 Å². The Labute approximate surface area is 167 Å². The van der Waals surface area contributed by atoms with Crippen LogP contribution in [0.1, 0.15) is 24.1 Å². The van der Waals surface area contributed by atoms with Crippen LogP contribution in [0.4, 0.5) is 10.1 Å². The van der Waals surface area contributed by atoms with Gasteiger partial charge in [-0.05, 0) is 30.3 Å². The summed E-state index contributed by atoms with van der Waals surface area (Å²) in [6.45, 7) is 1.00. The first-order chi connectivity index (χ1) is 14.0. The fraction of sp³-hybridized carbons (Fsp3) is 0.273. The van der Waals surface area contributed by atoms with Crippen LogP contribution in [-0.2, 0) is 22.6 Å². The van der Waals surface area contributed by atoms with Gasteiger partial charge in [0.25, 0.3) is 0 Å². The predicted molar refractivity (Wildman–Crippen MR) is 108 cm³/mol.